The molecule has 0 N–H and O–H groups in total. The summed E-state index contributed by atoms with van der Waals surface area (Å²) in [6.45, 7) is 1.25. The lowest BCUT2D eigenvalue weighted by molar-refractivity contribution is -0.133. The molecule has 3 amide bonds. The molecular formula is C34H32N4O4S. The highest BCUT2D eigenvalue weighted by atomic mass is 32.2. The van der Waals surface area contributed by atoms with Gasteiger partial charge in [-0.1, -0.05) is 66.7 Å². The van der Waals surface area contributed by atoms with Crippen LogP contribution in [0.1, 0.15) is 35.1 Å². The highest BCUT2D eigenvalue weighted by molar-refractivity contribution is 7.89. The molecule has 0 bridgehead atoms. The van der Waals surface area contributed by atoms with Crippen molar-refractivity contribution in [3.05, 3.63) is 113 Å². The van der Waals surface area contributed by atoms with Crippen molar-refractivity contribution in [2.45, 2.75) is 43.2 Å². The number of imide groups is 1. The topological polar surface area (TPSA) is 102 Å². The van der Waals surface area contributed by atoms with Crippen molar-refractivity contribution in [1.29, 1.82) is 5.26 Å². The number of fused-ring (bicyclic) bond motifs is 2. The summed E-state index contributed by atoms with van der Waals surface area (Å²) in [4.78, 5) is 31.3. The molecule has 1 unspecified atom stereocenters. The molecule has 9 heteroatoms. The van der Waals surface area contributed by atoms with Gasteiger partial charge in [-0.3, -0.25) is 9.69 Å². The summed E-state index contributed by atoms with van der Waals surface area (Å²) in [6.07, 6.45) is 2.28. The van der Waals surface area contributed by atoms with Crippen LogP contribution < -0.4 is 0 Å². The number of hydrogen-bond donors (Lipinski definition) is 0. The molecule has 8 nitrogen and oxygen atoms in total. The molecule has 4 aromatic carbocycles. The molecule has 0 radical (unpaired) electrons. The molecule has 1 saturated heterocycles. The third-order valence-electron chi connectivity index (χ3n) is 8.40. The molecule has 218 valence electrons. The fourth-order valence-electron chi connectivity index (χ4n) is 5.97. The van der Waals surface area contributed by atoms with Gasteiger partial charge in [0.2, 0.25) is 15.9 Å². The van der Waals surface area contributed by atoms with Gasteiger partial charge >= 0.3 is 6.03 Å². The minimum atomic E-state index is -4.11. The van der Waals surface area contributed by atoms with Gasteiger partial charge in [-0.15, -0.1) is 0 Å². The first-order valence-corrected chi connectivity index (χ1v) is 16.0. The largest absolute Gasteiger partial charge is 0.326 e. The van der Waals surface area contributed by atoms with Crippen molar-refractivity contribution in [2.75, 3.05) is 19.6 Å². The Morgan fingerprint density at radius 3 is 2.26 bits per heavy atom. The molecule has 2 heterocycles. The third-order valence-corrected chi connectivity index (χ3v) is 10.2. The van der Waals surface area contributed by atoms with Crippen LogP contribution in [0.15, 0.2) is 95.9 Å². The maximum Gasteiger partial charge on any atom is 0.326 e. The summed E-state index contributed by atoms with van der Waals surface area (Å²) in [5.41, 5.74) is 3.14. The Bertz CT molecular complexity index is 1830. The minimum absolute atomic E-state index is 0.0309. The Kier molecular flexibility index (Phi) is 7.98. The van der Waals surface area contributed by atoms with E-state index in [1.807, 2.05) is 60.7 Å². The van der Waals surface area contributed by atoms with Crippen molar-refractivity contribution in [1.82, 2.24) is 14.1 Å². The predicted molar refractivity (Wildman–Crippen MR) is 163 cm³/mol. The van der Waals surface area contributed by atoms with E-state index in [0.717, 1.165) is 40.3 Å². The standard InChI is InChI=1S/C34H32N4O4S/c35-23-26-13-11-25(12-14-26)17-20-37(34(40)36-18-5-6-19-36)33(39)32-22-29-9-3-4-10-30(29)24-38(32)43(41,42)31-16-15-27-7-1-2-8-28(27)21-31/h1-4,7-16,21,32H,5-6,17-20,22,24H2. The molecule has 43 heavy (non-hydrogen) atoms. The fourth-order valence-corrected chi connectivity index (χ4v) is 7.57. The molecule has 1 fully saturated rings. The van der Waals surface area contributed by atoms with Gasteiger partial charge < -0.3 is 4.90 Å². The number of urea groups is 1. The first-order chi connectivity index (χ1) is 20.8. The molecule has 4 aromatic rings. The van der Waals surface area contributed by atoms with Gasteiger partial charge in [0.25, 0.3) is 0 Å². The third kappa shape index (κ3) is 5.76. The summed E-state index contributed by atoms with van der Waals surface area (Å²) in [5.74, 6) is -0.524. The lowest BCUT2D eigenvalue weighted by Gasteiger charge is -2.38. The summed E-state index contributed by atoms with van der Waals surface area (Å²) < 4.78 is 29.8. The highest BCUT2D eigenvalue weighted by Crippen LogP contribution is 2.32. The van der Waals surface area contributed by atoms with Crippen molar-refractivity contribution in [2.24, 2.45) is 0 Å². The maximum absolute atomic E-state index is 14.5. The van der Waals surface area contributed by atoms with Crippen LogP contribution in [0.5, 0.6) is 0 Å². The number of nitrogens with zero attached hydrogens (tertiary/aromatic N) is 4. The van der Waals surface area contributed by atoms with Crippen LogP contribution in [-0.4, -0.2) is 60.1 Å². The van der Waals surface area contributed by atoms with Crippen LogP contribution in [0.4, 0.5) is 4.79 Å². The number of likely N-dealkylation sites (tertiary alicyclic amines) is 1. The maximum atomic E-state index is 14.5. The number of sulfonamides is 1. The molecule has 0 aliphatic carbocycles. The van der Waals surface area contributed by atoms with E-state index in [1.54, 1.807) is 35.2 Å². The van der Waals surface area contributed by atoms with Gasteiger partial charge in [0.1, 0.15) is 6.04 Å². The molecule has 2 aliphatic rings. The van der Waals surface area contributed by atoms with Crippen LogP contribution in [0.25, 0.3) is 10.8 Å². The zero-order valence-corrected chi connectivity index (χ0v) is 24.5. The molecule has 6 rings (SSSR count). The number of rotatable bonds is 6. The molecular weight excluding hydrogens is 560 g/mol. The fraction of sp³-hybridized carbons (Fsp3) is 0.265. The van der Waals surface area contributed by atoms with Crippen LogP contribution in [0, 0.1) is 11.3 Å². The number of carbonyl (C=O) groups is 2. The summed E-state index contributed by atoms with van der Waals surface area (Å²) in [6, 6.07) is 27.8. The van der Waals surface area contributed by atoms with E-state index in [9.17, 15) is 18.0 Å². The summed E-state index contributed by atoms with van der Waals surface area (Å²) in [5, 5.41) is 10.9. The lowest BCUT2D eigenvalue weighted by Crippen LogP contribution is -2.57. The quantitative estimate of drug-likeness (QED) is 0.310. The zero-order chi connectivity index (χ0) is 30.0. The molecule has 2 aliphatic heterocycles. The second-order valence-electron chi connectivity index (χ2n) is 11.1. The van der Waals surface area contributed by atoms with Gasteiger partial charge in [0.05, 0.1) is 16.5 Å². The monoisotopic (exact) mass is 592 g/mol. The Balaban J connectivity index is 1.36. The second-order valence-corrected chi connectivity index (χ2v) is 13.0. The van der Waals surface area contributed by atoms with Gasteiger partial charge in [0, 0.05) is 26.2 Å². The predicted octanol–water partition coefficient (Wildman–Crippen LogP) is 5.11. The first kappa shape index (κ1) is 28.6. The van der Waals surface area contributed by atoms with Crippen LogP contribution in [0.3, 0.4) is 0 Å². The molecule has 0 aromatic heterocycles. The minimum Gasteiger partial charge on any atom is -0.324 e. The number of amides is 3. The van der Waals surface area contributed by atoms with Gasteiger partial charge in [0.15, 0.2) is 0 Å². The van der Waals surface area contributed by atoms with E-state index < -0.39 is 28.0 Å². The lowest BCUT2D eigenvalue weighted by atomic mass is 9.95. The van der Waals surface area contributed by atoms with E-state index in [4.69, 9.17) is 5.26 Å². The normalized spacial score (nSPS) is 16.9. The number of carbonyl (C=O) groups excluding carboxylic acids is 2. The SMILES string of the molecule is N#Cc1ccc(CCN(C(=O)C2Cc3ccccc3CN2S(=O)(=O)c2ccc3ccccc3c2)C(=O)N2CCCC2)cc1. The number of hydrogen-bond acceptors (Lipinski definition) is 5. The molecule has 0 spiro atoms. The average molecular weight is 593 g/mol. The number of benzene rings is 4. The Morgan fingerprint density at radius 2 is 1.53 bits per heavy atom. The molecule has 1 atom stereocenters. The van der Waals surface area contributed by atoms with Crippen LogP contribution >= 0.6 is 0 Å². The highest BCUT2D eigenvalue weighted by Gasteiger charge is 2.43. The van der Waals surface area contributed by atoms with Crippen molar-refractivity contribution >= 4 is 32.7 Å². The number of nitriles is 1. The van der Waals surface area contributed by atoms with Crippen LogP contribution in [0.2, 0.25) is 0 Å². The summed E-state index contributed by atoms with van der Waals surface area (Å²) in [7, 11) is -4.11. The Labute approximate surface area is 251 Å². The van der Waals surface area contributed by atoms with E-state index >= 15 is 0 Å². The summed E-state index contributed by atoms with van der Waals surface area (Å²) >= 11 is 0. The first-order valence-electron chi connectivity index (χ1n) is 14.5. The van der Waals surface area contributed by atoms with Gasteiger partial charge in [-0.05, 0) is 77.4 Å². The molecule has 0 saturated carbocycles. The van der Waals surface area contributed by atoms with E-state index in [-0.39, 0.29) is 24.4 Å². The smallest absolute Gasteiger partial charge is 0.324 e. The van der Waals surface area contributed by atoms with E-state index in [1.165, 1.54) is 9.21 Å². The van der Waals surface area contributed by atoms with Crippen molar-refractivity contribution in [3.63, 3.8) is 0 Å². The van der Waals surface area contributed by atoms with Gasteiger partial charge in [-0.25, -0.2) is 13.2 Å². The zero-order valence-electron chi connectivity index (χ0n) is 23.7. The van der Waals surface area contributed by atoms with E-state index in [2.05, 4.69) is 6.07 Å². The Hall–Kier alpha value is -4.52. The van der Waals surface area contributed by atoms with E-state index in [0.29, 0.717) is 25.1 Å². The van der Waals surface area contributed by atoms with Crippen molar-refractivity contribution < 1.29 is 18.0 Å². The van der Waals surface area contributed by atoms with Crippen molar-refractivity contribution in [3.8, 4) is 6.07 Å². The van der Waals surface area contributed by atoms with Gasteiger partial charge in [-0.2, -0.15) is 9.57 Å². The average Bonchev–Trinajstić information content (AvgIpc) is 3.59. The Morgan fingerprint density at radius 1 is 0.860 bits per heavy atom. The second kappa shape index (κ2) is 12.0. The van der Waals surface area contributed by atoms with Crippen LogP contribution in [-0.2, 0) is 34.2 Å².